The summed E-state index contributed by atoms with van der Waals surface area (Å²) in [6, 6.07) is 0. The average Bonchev–Trinajstić information content (AvgIpc) is 2.70. The molecule has 1 nitrogen and oxygen atoms in total. The van der Waals surface area contributed by atoms with E-state index in [9.17, 15) is 0 Å². The van der Waals surface area contributed by atoms with Gasteiger partial charge >= 0.3 is 0 Å². The third kappa shape index (κ3) is 5.01. The molecule has 1 atom stereocenters. The van der Waals surface area contributed by atoms with Gasteiger partial charge in [0.15, 0.2) is 0 Å². The van der Waals surface area contributed by atoms with Gasteiger partial charge in [-0.05, 0) is 50.7 Å². The lowest BCUT2D eigenvalue weighted by molar-refractivity contribution is 0.301. The Morgan fingerprint density at radius 1 is 1.07 bits per heavy atom. The summed E-state index contributed by atoms with van der Waals surface area (Å²) >= 11 is 0. The van der Waals surface area contributed by atoms with Crippen molar-refractivity contribution in [3.63, 3.8) is 0 Å². The van der Waals surface area contributed by atoms with Crippen molar-refractivity contribution >= 4 is 0 Å². The van der Waals surface area contributed by atoms with Crippen molar-refractivity contribution in [2.75, 3.05) is 19.6 Å². The lowest BCUT2D eigenvalue weighted by Gasteiger charge is -2.20. The maximum Gasteiger partial charge on any atom is -0.00183 e. The van der Waals surface area contributed by atoms with Gasteiger partial charge < -0.3 is 4.90 Å². The molecule has 0 bridgehead atoms. The van der Waals surface area contributed by atoms with Gasteiger partial charge in [-0.15, -0.1) is 0 Å². The minimum absolute atomic E-state index is 0.877. The van der Waals surface area contributed by atoms with Crippen LogP contribution >= 0.6 is 0 Å². The highest BCUT2D eigenvalue weighted by molar-refractivity contribution is 4.67. The summed E-state index contributed by atoms with van der Waals surface area (Å²) in [7, 11) is 0. The SMILES string of the molecule is CCC(CCCCN1CCCC1)C(C)C. The fraction of sp³-hybridized carbons (Fsp3) is 1.00. The Labute approximate surface area is 96.2 Å². The Hall–Kier alpha value is -0.0400. The van der Waals surface area contributed by atoms with Crippen LogP contribution in [0.25, 0.3) is 0 Å². The zero-order valence-corrected chi connectivity index (χ0v) is 11.0. The van der Waals surface area contributed by atoms with E-state index in [2.05, 4.69) is 25.7 Å². The predicted octanol–water partition coefficient (Wildman–Crippen LogP) is 3.93. The molecule has 0 aromatic rings. The standard InChI is InChI=1S/C14H29N/c1-4-14(13(2)3)9-5-6-10-15-11-7-8-12-15/h13-14H,4-12H2,1-3H3. The molecule has 1 aliphatic rings. The van der Waals surface area contributed by atoms with Crippen molar-refractivity contribution in [1.82, 2.24) is 4.90 Å². The molecule has 90 valence electrons. The summed E-state index contributed by atoms with van der Waals surface area (Å²) < 4.78 is 0. The van der Waals surface area contributed by atoms with Gasteiger partial charge in [-0.3, -0.25) is 0 Å². The zero-order valence-electron chi connectivity index (χ0n) is 11.0. The van der Waals surface area contributed by atoms with Crippen LogP contribution in [0, 0.1) is 11.8 Å². The first-order valence-electron chi connectivity index (χ1n) is 6.96. The third-order valence-electron chi connectivity index (χ3n) is 3.97. The van der Waals surface area contributed by atoms with Gasteiger partial charge in [-0.2, -0.15) is 0 Å². The maximum atomic E-state index is 2.64. The highest BCUT2D eigenvalue weighted by Crippen LogP contribution is 2.21. The van der Waals surface area contributed by atoms with E-state index in [1.807, 2.05) is 0 Å². The molecule has 1 fully saturated rings. The second-order valence-electron chi connectivity index (χ2n) is 5.46. The number of hydrogen-bond donors (Lipinski definition) is 0. The lowest BCUT2D eigenvalue weighted by Crippen LogP contribution is -2.20. The Morgan fingerprint density at radius 3 is 2.27 bits per heavy atom. The number of nitrogens with zero attached hydrogens (tertiary/aromatic N) is 1. The Morgan fingerprint density at radius 2 is 1.73 bits per heavy atom. The molecule has 0 aromatic heterocycles. The summed E-state index contributed by atoms with van der Waals surface area (Å²) in [5.41, 5.74) is 0. The Kier molecular flexibility index (Phi) is 6.31. The van der Waals surface area contributed by atoms with Crippen LogP contribution in [0.4, 0.5) is 0 Å². The monoisotopic (exact) mass is 211 g/mol. The molecule has 15 heavy (non-hydrogen) atoms. The van der Waals surface area contributed by atoms with Crippen LogP contribution in [0.1, 0.15) is 59.3 Å². The third-order valence-corrected chi connectivity index (χ3v) is 3.97. The van der Waals surface area contributed by atoms with Crippen LogP contribution in [-0.2, 0) is 0 Å². The fourth-order valence-electron chi connectivity index (χ4n) is 2.76. The molecule has 1 heterocycles. The van der Waals surface area contributed by atoms with Crippen LogP contribution < -0.4 is 0 Å². The van der Waals surface area contributed by atoms with Crippen molar-refractivity contribution in [1.29, 1.82) is 0 Å². The maximum absolute atomic E-state index is 2.64. The predicted molar refractivity (Wildman–Crippen MR) is 68.1 cm³/mol. The average molecular weight is 211 g/mol. The van der Waals surface area contributed by atoms with Crippen LogP contribution in [0.2, 0.25) is 0 Å². The first-order chi connectivity index (χ1) is 7.24. The van der Waals surface area contributed by atoms with Gasteiger partial charge in [-0.25, -0.2) is 0 Å². The molecule has 0 radical (unpaired) electrons. The van der Waals surface area contributed by atoms with Gasteiger partial charge in [0, 0.05) is 0 Å². The van der Waals surface area contributed by atoms with Gasteiger partial charge in [-0.1, -0.05) is 40.0 Å². The van der Waals surface area contributed by atoms with Crippen molar-refractivity contribution in [3.8, 4) is 0 Å². The van der Waals surface area contributed by atoms with E-state index in [-0.39, 0.29) is 0 Å². The molecule has 1 saturated heterocycles. The molecule has 0 N–H and O–H groups in total. The summed E-state index contributed by atoms with van der Waals surface area (Å²) in [6.45, 7) is 11.2. The van der Waals surface area contributed by atoms with E-state index in [0.717, 1.165) is 11.8 Å². The molecule has 0 spiro atoms. The molecule has 0 aliphatic carbocycles. The second-order valence-corrected chi connectivity index (χ2v) is 5.46. The van der Waals surface area contributed by atoms with Crippen LogP contribution in [0.15, 0.2) is 0 Å². The number of unbranched alkanes of at least 4 members (excludes halogenated alkanes) is 1. The van der Waals surface area contributed by atoms with Crippen LogP contribution in [0.3, 0.4) is 0 Å². The van der Waals surface area contributed by atoms with Crippen LogP contribution in [0.5, 0.6) is 0 Å². The summed E-state index contributed by atoms with van der Waals surface area (Å²) in [5, 5.41) is 0. The minimum Gasteiger partial charge on any atom is -0.303 e. The molecule has 1 aliphatic heterocycles. The molecule has 1 unspecified atom stereocenters. The van der Waals surface area contributed by atoms with Gasteiger partial charge in [0.1, 0.15) is 0 Å². The van der Waals surface area contributed by atoms with E-state index in [1.54, 1.807) is 0 Å². The zero-order chi connectivity index (χ0) is 11.1. The highest BCUT2D eigenvalue weighted by Gasteiger charge is 2.12. The molecule has 0 saturated carbocycles. The van der Waals surface area contributed by atoms with Crippen LogP contribution in [-0.4, -0.2) is 24.5 Å². The van der Waals surface area contributed by atoms with E-state index >= 15 is 0 Å². The van der Waals surface area contributed by atoms with Gasteiger partial charge in [0.2, 0.25) is 0 Å². The van der Waals surface area contributed by atoms with Gasteiger partial charge in [0.25, 0.3) is 0 Å². The number of hydrogen-bond acceptors (Lipinski definition) is 1. The highest BCUT2D eigenvalue weighted by atomic mass is 15.1. The second kappa shape index (κ2) is 7.27. The molecular formula is C14H29N. The lowest BCUT2D eigenvalue weighted by atomic mass is 9.88. The first kappa shape index (κ1) is 13.0. The smallest absolute Gasteiger partial charge is 0.00183 e. The Balaban J connectivity index is 1.99. The number of rotatable bonds is 7. The van der Waals surface area contributed by atoms with E-state index in [1.165, 1.54) is 58.2 Å². The van der Waals surface area contributed by atoms with Crippen molar-refractivity contribution < 1.29 is 0 Å². The van der Waals surface area contributed by atoms with Crippen molar-refractivity contribution in [2.24, 2.45) is 11.8 Å². The Bertz CT molecular complexity index is 147. The summed E-state index contributed by atoms with van der Waals surface area (Å²) in [5.74, 6) is 1.84. The van der Waals surface area contributed by atoms with E-state index in [0.29, 0.717) is 0 Å². The molecule has 0 aromatic carbocycles. The van der Waals surface area contributed by atoms with Crippen molar-refractivity contribution in [3.05, 3.63) is 0 Å². The first-order valence-corrected chi connectivity index (χ1v) is 6.96. The fourth-order valence-corrected chi connectivity index (χ4v) is 2.76. The van der Waals surface area contributed by atoms with E-state index < -0.39 is 0 Å². The molecule has 1 rings (SSSR count). The van der Waals surface area contributed by atoms with E-state index in [4.69, 9.17) is 0 Å². The topological polar surface area (TPSA) is 3.24 Å². The quantitative estimate of drug-likeness (QED) is 0.577. The number of likely N-dealkylation sites (tertiary alicyclic amines) is 1. The summed E-state index contributed by atoms with van der Waals surface area (Å²) in [6.07, 6.45) is 8.53. The molecule has 0 amide bonds. The molecule has 1 heteroatoms. The largest absolute Gasteiger partial charge is 0.303 e. The minimum atomic E-state index is 0.877. The normalized spacial score (nSPS) is 20.0. The molecular weight excluding hydrogens is 182 g/mol. The summed E-state index contributed by atoms with van der Waals surface area (Å²) in [4.78, 5) is 2.64. The van der Waals surface area contributed by atoms with Gasteiger partial charge in [0.05, 0.1) is 0 Å². The van der Waals surface area contributed by atoms with Crippen molar-refractivity contribution in [2.45, 2.75) is 59.3 Å².